The Morgan fingerprint density at radius 3 is 2.10 bits per heavy atom. The first-order valence-corrected chi connectivity index (χ1v) is 10.2. The normalized spacial score (nSPS) is 11.8. The van der Waals surface area contributed by atoms with E-state index in [1.807, 2.05) is 0 Å². The number of hydrogen-bond donors (Lipinski definition) is 2. The molecule has 0 aliphatic rings. The van der Waals surface area contributed by atoms with Crippen molar-refractivity contribution in [2.45, 2.75) is 24.9 Å². The number of halogens is 3. The van der Waals surface area contributed by atoms with E-state index in [2.05, 4.69) is 10.1 Å². The van der Waals surface area contributed by atoms with E-state index in [1.54, 1.807) is 13.8 Å². The van der Waals surface area contributed by atoms with E-state index >= 15 is 0 Å². The lowest BCUT2D eigenvalue weighted by Crippen LogP contribution is -2.37. The number of sulfonamides is 1. The number of amides is 2. The summed E-state index contributed by atoms with van der Waals surface area (Å²) >= 11 is 0. The van der Waals surface area contributed by atoms with Gasteiger partial charge in [0, 0.05) is 18.7 Å². The molecule has 0 saturated heterocycles. The maximum absolute atomic E-state index is 12.4. The van der Waals surface area contributed by atoms with E-state index in [9.17, 15) is 36.0 Å². The van der Waals surface area contributed by atoms with Crippen molar-refractivity contribution in [3.63, 3.8) is 0 Å². The van der Waals surface area contributed by atoms with Crippen LogP contribution >= 0.6 is 0 Å². The van der Waals surface area contributed by atoms with Gasteiger partial charge in [-0.2, -0.15) is 17.5 Å². The van der Waals surface area contributed by atoms with Crippen LogP contribution in [0, 0.1) is 0 Å². The summed E-state index contributed by atoms with van der Waals surface area (Å²) in [5.41, 5.74) is 0.0733. The Balaban J connectivity index is 2.54. The van der Waals surface area contributed by atoms with Gasteiger partial charge in [-0.15, -0.1) is 0 Å². The van der Waals surface area contributed by atoms with Crippen molar-refractivity contribution in [3.8, 4) is 0 Å². The molecule has 0 fully saturated rings. The van der Waals surface area contributed by atoms with Crippen LogP contribution in [0.25, 0.3) is 0 Å². The molecule has 0 aliphatic carbocycles. The average molecular weight is 453 g/mol. The molecule has 1 aromatic rings. The molecule has 1 rings (SSSR count). The number of rotatable bonds is 10. The third kappa shape index (κ3) is 7.99. The summed E-state index contributed by atoms with van der Waals surface area (Å²) in [6, 6.07) is 5.04. The molecule has 0 atom stereocenters. The number of carbonyl (C=O) groups is 3. The Bertz CT molecular complexity index is 852. The molecule has 0 aromatic heterocycles. The van der Waals surface area contributed by atoms with Crippen LogP contribution in [0.5, 0.6) is 0 Å². The fraction of sp³-hybridized carbons (Fsp3) is 0.471. The van der Waals surface area contributed by atoms with Gasteiger partial charge in [0.25, 0.3) is 11.8 Å². The molecule has 30 heavy (non-hydrogen) atoms. The summed E-state index contributed by atoms with van der Waals surface area (Å²) in [7, 11) is -3.68. The van der Waals surface area contributed by atoms with Crippen LogP contribution in [0.4, 0.5) is 13.2 Å². The highest BCUT2D eigenvalue weighted by molar-refractivity contribution is 7.89. The SMILES string of the molecule is CCN(CC)S(=O)(=O)c1ccc(C(=O)NCC(=O)OCC(=O)NCC(F)(F)F)cc1. The predicted molar refractivity (Wildman–Crippen MR) is 98.9 cm³/mol. The predicted octanol–water partition coefficient (Wildman–Crippen LogP) is 0.669. The minimum atomic E-state index is -4.59. The van der Waals surface area contributed by atoms with Gasteiger partial charge in [-0.05, 0) is 24.3 Å². The van der Waals surface area contributed by atoms with Crippen LogP contribution in [0.2, 0.25) is 0 Å². The molecule has 0 bridgehead atoms. The molecule has 0 spiro atoms. The van der Waals surface area contributed by atoms with Crippen molar-refractivity contribution in [2.75, 3.05) is 32.8 Å². The number of esters is 1. The molecule has 2 N–H and O–H groups in total. The van der Waals surface area contributed by atoms with E-state index < -0.39 is 53.7 Å². The van der Waals surface area contributed by atoms with Gasteiger partial charge in [0.1, 0.15) is 13.1 Å². The van der Waals surface area contributed by atoms with Gasteiger partial charge in [0.2, 0.25) is 10.0 Å². The second kappa shape index (κ2) is 10.9. The van der Waals surface area contributed by atoms with E-state index in [-0.39, 0.29) is 23.5 Å². The zero-order valence-corrected chi connectivity index (χ0v) is 17.1. The summed E-state index contributed by atoms with van der Waals surface area (Å²) < 4.78 is 66.3. The monoisotopic (exact) mass is 453 g/mol. The highest BCUT2D eigenvalue weighted by Crippen LogP contribution is 2.16. The fourth-order valence-corrected chi connectivity index (χ4v) is 3.65. The standard InChI is InChI=1S/C17H22F3N3O6S/c1-3-23(4-2)30(27,28)13-7-5-12(6-8-13)16(26)21-9-15(25)29-10-14(24)22-11-17(18,19)20/h5-8H,3-4,9-11H2,1-2H3,(H,21,26)(H,22,24). The number of alkyl halides is 3. The summed E-state index contributed by atoms with van der Waals surface area (Å²) in [5.74, 6) is -2.89. The third-order valence-corrected chi connectivity index (χ3v) is 5.77. The molecule has 168 valence electrons. The molecular weight excluding hydrogens is 431 g/mol. The molecule has 1 aromatic carbocycles. The number of benzene rings is 1. The first-order valence-electron chi connectivity index (χ1n) is 8.78. The Morgan fingerprint density at radius 2 is 1.60 bits per heavy atom. The zero-order valence-electron chi connectivity index (χ0n) is 16.3. The quantitative estimate of drug-likeness (QED) is 0.502. The summed E-state index contributed by atoms with van der Waals surface area (Å²) in [4.78, 5) is 34.6. The maximum Gasteiger partial charge on any atom is 0.405 e. The topological polar surface area (TPSA) is 122 Å². The van der Waals surface area contributed by atoms with Crippen LogP contribution in [0.1, 0.15) is 24.2 Å². The Morgan fingerprint density at radius 1 is 1.03 bits per heavy atom. The summed E-state index contributed by atoms with van der Waals surface area (Å²) in [6.07, 6.45) is -4.59. The molecule has 0 aliphatic heterocycles. The van der Waals surface area contributed by atoms with Crippen LogP contribution in [0.15, 0.2) is 29.2 Å². The van der Waals surface area contributed by atoms with Crippen molar-refractivity contribution in [2.24, 2.45) is 0 Å². The highest BCUT2D eigenvalue weighted by atomic mass is 32.2. The smallest absolute Gasteiger partial charge is 0.405 e. The molecule has 13 heteroatoms. The Labute approximate surface area is 171 Å². The van der Waals surface area contributed by atoms with E-state index in [1.165, 1.54) is 33.9 Å². The Kier molecular flexibility index (Phi) is 9.23. The van der Waals surface area contributed by atoms with Gasteiger partial charge in [-0.25, -0.2) is 8.42 Å². The van der Waals surface area contributed by atoms with Crippen molar-refractivity contribution < 1.29 is 40.7 Å². The molecule has 9 nitrogen and oxygen atoms in total. The van der Waals surface area contributed by atoms with Crippen molar-refractivity contribution in [1.29, 1.82) is 0 Å². The molecule has 0 unspecified atom stereocenters. The maximum atomic E-state index is 12.4. The minimum absolute atomic E-state index is 0.00651. The number of nitrogens with one attached hydrogen (secondary N) is 2. The van der Waals surface area contributed by atoms with E-state index in [4.69, 9.17) is 0 Å². The third-order valence-electron chi connectivity index (χ3n) is 3.70. The van der Waals surface area contributed by atoms with Crippen molar-refractivity contribution in [3.05, 3.63) is 29.8 Å². The van der Waals surface area contributed by atoms with Gasteiger partial charge in [0.05, 0.1) is 4.90 Å². The van der Waals surface area contributed by atoms with Gasteiger partial charge in [0.15, 0.2) is 6.61 Å². The molecule has 0 saturated carbocycles. The van der Waals surface area contributed by atoms with Gasteiger partial charge < -0.3 is 15.4 Å². The number of carbonyl (C=O) groups excluding carboxylic acids is 3. The lowest BCUT2D eigenvalue weighted by atomic mass is 10.2. The molecule has 2 amide bonds. The molecule has 0 heterocycles. The van der Waals surface area contributed by atoms with Gasteiger partial charge in [-0.1, -0.05) is 13.8 Å². The van der Waals surface area contributed by atoms with Gasteiger partial charge >= 0.3 is 12.1 Å². The van der Waals surface area contributed by atoms with Crippen molar-refractivity contribution >= 4 is 27.8 Å². The van der Waals surface area contributed by atoms with Crippen LogP contribution in [0.3, 0.4) is 0 Å². The lowest BCUT2D eigenvalue weighted by molar-refractivity contribution is -0.150. The van der Waals surface area contributed by atoms with Crippen molar-refractivity contribution in [1.82, 2.24) is 14.9 Å². The number of hydrogen-bond acceptors (Lipinski definition) is 6. The van der Waals surface area contributed by atoms with E-state index in [0.29, 0.717) is 0 Å². The molecular formula is C17H22F3N3O6S. The summed E-state index contributed by atoms with van der Waals surface area (Å²) in [5, 5.41) is 3.72. The second-order valence-corrected chi connectivity index (χ2v) is 7.79. The van der Waals surface area contributed by atoms with Crippen LogP contribution < -0.4 is 10.6 Å². The molecule has 0 radical (unpaired) electrons. The lowest BCUT2D eigenvalue weighted by Gasteiger charge is -2.18. The Hall–Kier alpha value is -2.67. The summed E-state index contributed by atoms with van der Waals surface area (Å²) in [6.45, 7) is 0.853. The number of nitrogens with zero attached hydrogens (tertiary/aromatic N) is 1. The first kappa shape index (κ1) is 25.4. The largest absolute Gasteiger partial charge is 0.454 e. The highest BCUT2D eigenvalue weighted by Gasteiger charge is 2.27. The fourth-order valence-electron chi connectivity index (χ4n) is 2.19. The zero-order chi connectivity index (χ0) is 22.9. The average Bonchev–Trinajstić information content (AvgIpc) is 2.69. The van der Waals surface area contributed by atoms with Crippen LogP contribution in [-0.4, -0.2) is 69.5 Å². The second-order valence-electron chi connectivity index (χ2n) is 5.85. The van der Waals surface area contributed by atoms with E-state index in [0.717, 1.165) is 0 Å². The van der Waals surface area contributed by atoms with Crippen LogP contribution in [-0.2, 0) is 24.3 Å². The first-order chi connectivity index (χ1) is 13.9. The number of ether oxygens (including phenoxy) is 1. The van der Waals surface area contributed by atoms with Gasteiger partial charge in [-0.3, -0.25) is 14.4 Å². The minimum Gasteiger partial charge on any atom is -0.454 e.